The summed E-state index contributed by atoms with van der Waals surface area (Å²) < 4.78 is 46.9. The molecule has 1 amide bonds. The number of rotatable bonds is 12. The summed E-state index contributed by atoms with van der Waals surface area (Å²) in [6, 6.07) is 15.3. The third kappa shape index (κ3) is 7.25. The van der Waals surface area contributed by atoms with Gasteiger partial charge in [0.2, 0.25) is 5.75 Å². The summed E-state index contributed by atoms with van der Waals surface area (Å²) in [5.74, 6) is 0.307. The van der Waals surface area contributed by atoms with Crippen molar-refractivity contribution in [1.82, 2.24) is 5.43 Å². The van der Waals surface area contributed by atoms with E-state index in [4.69, 9.17) is 30.0 Å². The first-order valence-electron chi connectivity index (χ1n) is 11.0. The first-order chi connectivity index (χ1) is 17.8. The number of carbonyl (C=O) groups is 1. The highest BCUT2D eigenvalue weighted by atomic mass is 35.5. The van der Waals surface area contributed by atoms with Crippen molar-refractivity contribution in [2.75, 3.05) is 20.3 Å². The number of amides is 1. The zero-order valence-electron chi connectivity index (χ0n) is 20.1. The molecule has 0 unspecified atom stereocenters. The van der Waals surface area contributed by atoms with Gasteiger partial charge in [0, 0.05) is 5.56 Å². The standard InChI is InChI=1S/C26H25ClN2O7S/c1-4-13-35-22-12-11-19(16-23(22)33-3)26(30)29-28-17-18-14-21(27)25(24(15-18)34-5-2)36-37(31,32)20-9-7-6-8-10-20/h4,6-12,14-17H,1,5,13H2,2-3H3,(H,29,30)/b28-17+. The van der Waals surface area contributed by atoms with E-state index in [2.05, 4.69) is 17.1 Å². The van der Waals surface area contributed by atoms with Crippen LogP contribution >= 0.6 is 11.6 Å². The maximum absolute atomic E-state index is 12.7. The van der Waals surface area contributed by atoms with E-state index in [1.165, 1.54) is 43.7 Å². The fraction of sp³-hybridized carbons (Fsp3) is 0.154. The molecule has 0 spiro atoms. The molecule has 0 aliphatic carbocycles. The van der Waals surface area contributed by atoms with Crippen molar-refractivity contribution in [2.45, 2.75) is 11.8 Å². The van der Waals surface area contributed by atoms with Crippen molar-refractivity contribution < 1.29 is 31.6 Å². The molecule has 0 bridgehead atoms. The lowest BCUT2D eigenvalue weighted by molar-refractivity contribution is 0.0954. The second-order valence-electron chi connectivity index (χ2n) is 7.28. The minimum absolute atomic E-state index is 0.0157. The van der Waals surface area contributed by atoms with Crippen LogP contribution in [-0.2, 0) is 10.1 Å². The van der Waals surface area contributed by atoms with Crippen molar-refractivity contribution in [3.63, 3.8) is 0 Å². The highest BCUT2D eigenvalue weighted by Gasteiger charge is 2.22. The number of methoxy groups -OCH3 is 1. The van der Waals surface area contributed by atoms with Crippen LogP contribution in [0.5, 0.6) is 23.0 Å². The number of hydrogen-bond acceptors (Lipinski definition) is 8. The van der Waals surface area contributed by atoms with E-state index in [9.17, 15) is 13.2 Å². The van der Waals surface area contributed by atoms with Crippen LogP contribution in [0, 0.1) is 0 Å². The van der Waals surface area contributed by atoms with E-state index >= 15 is 0 Å². The molecular formula is C26H25ClN2O7S. The Morgan fingerprint density at radius 1 is 1.05 bits per heavy atom. The van der Waals surface area contributed by atoms with E-state index in [1.54, 1.807) is 43.3 Å². The van der Waals surface area contributed by atoms with Gasteiger partial charge in [-0.25, -0.2) is 5.43 Å². The van der Waals surface area contributed by atoms with Crippen LogP contribution < -0.4 is 23.8 Å². The fourth-order valence-corrected chi connectivity index (χ4v) is 4.34. The van der Waals surface area contributed by atoms with Crippen LogP contribution in [0.1, 0.15) is 22.8 Å². The lowest BCUT2D eigenvalue weighted by Crippen LogP contribution is -2.17. The van der Waals surface area contributed by atoms with Crippen LogP contribution in [0.2, 0.25) is 5.02 Å². The topological polar surface area (TPSA) is 113 Å². The van der Waals surface area contributed by atoms with Gasteiger partial charge in [0.15, 0.2) is 17.2 Å². The van der Waals surface area contributed by atoms with E-state index < -0.39 is 16.0 Å². The number of carbonyl (C=O) groups excluding carboxylic acids is 1. The highest BCUT2D eigenvalue weighted by Crippen LogP contribution is 2.38. The van der Waals surface area contributed by atoms with Gasteiger partial charge in [0.05, 0.1) is 25.0 Å². The van der Waals surface area contributed by atoms with Crippen molar-refractivity contribution in [2.24, 2.45) is 5.10 Å². The number of hydrogen-bond donors (Lipinski definition) is 1. The Labute approximate surface area is 220 Å². The van der Waals surface area contributed by atoms with Crippen LogP contribution in [0.4, 0.5) is 0 Å². The summed E-state index contributed by atoms with van der Waals surface area (Å²) in [5.41, 5.74) is 3.14. The summed E-state index contributed by atoms with van der Waals surface area (Å²) >= 11 is 6.34. The molecule has 194 valence electrons. The first-order valence-corrected chi connectivity index (χ1v) is 12.8. The van der Waals surface area contributed by atoms with Gasteiger partial charge in [-0.15, -0.1) is 0 Å². The molecule has 3 rings (SSSR count). The molecule has 11 heteroatoms. The molecule has 3 aromatic carbocycles. The Bertz CT molecular complexity index is 1390. The maximum atomic E-state index is 12.7. The number of nitrogens with one attached hydrogen (secondary N) is 1. The average Bonchev–Trinajstić information content (AvgIpc) is 2.90. The van der Waals surface area contributed by atoms with Crippen LogP contribution in [0.25, 0.3) is 0 Å². The quantitative estimate of drug-likeness (QED) is 0.150. The molecule has 0 saturated heterocycles. The molecule has 0 heterocycles. The molecule has 3 aromatic rings. The minimum atomic E-state index is -4.14. The molecule has 1 N–H and O–H groups in total. The number of benzene rings is 3. The summed E-state index contributed by atoms with van der Waals surface area (Å²) in [5, 5.41) is 3.94. The minimum Gasteiger partial charge on any atom is -0.493 e. The third-order valence-corrected chi connectivity index (χ3v) is 6.24. The number of halogens is 1. The third-order valence-electron chi connectivity index (χ3n) is 4.72. The second-order valence-corrected chi connectivity index (χ2v) is 9.23. The van der Waals surface area contributed by atoms with Crippen LogP contribution in [0.15, 0.2) is 83.3 Å². The average molecular weight is 545 g/mol. The fourth-order valence-electron chi connectivity index (χ4n) is 3.06. The lowest BCUT2D eigenvalue weighted by Gasteiger charge is -2.14. The summed E-state index contributed by atoms with van der Waals surface area (Å²) in [6.45, 7) is 5.84. The zero-order valence-corrected chi connectivity index (χ0v) is 21.7. The summed E-state index contributed by atoms with van der Waals surface area (Å²) in [4.78, 5) is 12.5. The normalized spacial score (nSPS) is 11.1. The zero-order chi connectivity index (χ0) is 26.8. The Kier molecular flexibility index (Phi) is 9.53. The number of hydrazone groups is 1. The molecule has 0 aliphatic rings. The smallest absolute Gasteiger partial charge is 0.339 e. The maximum Gasteiger partial charge on any atom is 0.339 e. The van der Waals surface area contributed by atoms with E-state index in [0.717, 1.165) is 0 Å². The van der Waals surface area contributed by atoms with Crippen LogP contribution in [0.3, 0.4) is 0 Å². The molecule has 0 radical (unpaired) electrons. The largest absolute Gasteiger partial charge is 0.493 e. The summed E-state index contributed by atoms with van der Waals surface area (Å²) in [7, 11) is -2.68. The van der Waals surface area contributed by atoms with Crippen molar-refractivity contribution in [3.8, 4) is 23.0 Å². The number of ether oxygens (including phenoxy) is 3. The molecular weight excluding hydrogens is 520 g/mol. The molecule has 0 saturated carbocycles. The lowest BCUT2D eigenvalue weighted by atomic mass is 10.2. The summed E-state index contributed by atoms with van der Waals surface area (Å²) in [6.07, 6.45) is 2.93. The molecule has 0 atom stereocenters. The van der Waals surface area contributed by atoms with Gasteiger partial charge in [0.1, 0.15) is 11.5 Å². The van der Waals surface area contributed by atoms with Crippen molar-refractivity contribution in [1.29, 1.82) is 0 Å². The first kappa shape index (κ1) is 27.6. The van der Waals surface area contributed by atoms with Gasteiger partial charge >= 0.3 is 10.1 Å². The Morgan fingerprint density at radius 2 is 1.81 bits per heavy atom. The van der Waals surface area contributed by atoms with Crippen molar-refractivity contribution >= 4 is 33.8 Å². The van der Waals surface area contributed by atoms with E-state index in [0.29, 0.717) is 29.2 Å². The molecule has 0 aromatic heterocycles. The SMILES string of the molecule is C=CCOc1ccc(C(=O)N/N=C/c2cc(Cl)c(OS(=O)(=O)c3ccccc3)c(OCC)c2)cc1OC. The van der Waals surface area contributed by atoms with E-state index in [1.807, 2.05) is 0 Å². The van der Waals surface area contributed by atoms with Gasteiger partial charge in [-0.1, -0.05) is 42.5 Å². The Morgan fingerprint density at radius 3 is 2.49 bits per heavy atom. The van der Waals surface area contributed by atoms with E-state index in [-0.39, 0.29) is 28.0 Å². The predicted molar refractivity (Wildman–Crippen MR) is 141 cm³/mol. The van der Waals surface area contributed by atoms with Gasteiger partial charge in [-0.05, 0) is 55.0 Å². The monoisotopic (exact) mass is 544 g/mol. The Balaban J connectivity index is 1.77. The van der Waals surface area contributed by atoms with Crippen LogP contribution in [-0.4, -0.2) is 40.9 Å². The molecule has 0 aliphatic heterocycles. The molecule has 9 nitrogen and oxygen atoms in total. The predicted octanol–water partition coefficient (Wildman–Crippen LogP) is 4.84. The number of nitrogens with zero attached hydrogens (tertiary/aromatic N) is 1. The van der Waals surface area contributed by atoms with Crippen molar-refractivity contribution in [3.05, 3.63) is 89.5 Å². The molecule has 37 heavy (non-hydrogen) atoms. The van der Waals surface area contributed by atoms with Gasteiger partial charge < -0.3 is 18.4 Å². The Hall–Kier alpha value is -4.02. The van der Waals surface area contributed by atoms with Gasteiger partial charge in [-0.3, -0.25) is 4.79 Å². The van der Waals surface area contributed by atoms with Gasteiger partial charge in [-0.2, -0.15) is 13.5 Å². The highest BCUT2D eigenvalue weighted by molar-refractivity contribution is 7.87. The van der Waals surface area contributed by atoms with Gasteiger partial charge in [0.25, 0.3) is 5.91 Å². The second kappa shape index (κ2) is 12.8. The molecule has 0 fully saturated rings.